The molecule has 0 aromatic carbocycles. The van der Waals surface area contributed by atoms with Gasteiger partial charge in [0.1, 0.15) is 6.04 Å². The molecule has 1 heterocycles. The van der Waals surface area contributed by atoms with E-state index in [1.165, 1.54) is 12.3 Å². The van der Waals surface area contributed by atoms with Crippen molar-refractivity contribution in [3.8, 4) is 0 Å². The highest BCUT2D eigenvalue weighted by atomic mass is 19.4. The Bertz CT molecular complexity index is 258. The largest absolute Gasteiger partial charge is 0.404 e. The van der Waals surface area contributed by atoms with E-state index < -0.39 is 12.2 Å². The van der Waals surface area contributed by atoms with E-state index in [1.807, 2.05) is 0 Å². The molecule has 0 aliphatic heterocycles. The fourth-order valence-electron chi connectivity index (χ4n) is 0.860. The summed E-state index contributed by atoms with van der Waals surface area (Å²) in [4.78, 5) is 3.75. The van der Waals surface area contributed by atoms with Gasteiger partial charge in [-0.25, -0.2) is 0 Å². The van der Waals surface area contributed by atoms with Crippen LogP contribution in [0.3, 0.4) is 0 Å². The van der Waals surface area contributed by atoms with Crippen molar-refractivity contribution in [1.29, 1.82) is 0 Å². The van der Waals surface area contributed by atoms with E-state index >= 15 is 0 Å². The second kappa shape index (κ2) is 3.74. The molecule has 1 aromatic rings. The molecule has 1 atom stereocenters. The van der Waals surface area contributed by atoms with Crippen LogP contribution in [-0.2, 0) is 6.42 Å². The number of aromatic nitrogens is 1. The average molecular weight is 190 g/mol. The maximum Gasteiger partial charge on any atom is 0.404 e. The molecule has 72 valence electrons. The van der Waals surface area contributed by atoms with E-state index in [9.17, 15) is 13.2 Å². The van der Waals surface area contributed by atoms with Gasteiger partial charge in [-0.3, -0.25) is 4.98 Å². The fraction of sp³-hybridized carbons (Fsp3) is 0.375. The molecule has 0 bridgehead atoms. The number of nitrogens with two attached hydrogens (primary N) is 1. The summed E-state index contributed by atoms with van der Waals surface area (Å²) in [5, 5.41) is 0. The van der Waals surface area contributed by atoms with E-state index in [0.717, 1.165) is 0 Å². The van der Waals surface area contributed by atoms with Crippen molar-refractivity contribution in [2.75, 3.05) is 0 Å². The van der Waals surface area contributed by atoms with Gasteiger partial charge in [0.2, 0.25) is 0 Å². The zero-order valence-corrected chi connectivity index (χ0v) is 6.75. The minimum atomic E-state index is -4.35. The van der Waals surface area contributed by atoms with Crippen LogP contribution < -0.4 is 5.73 Å². The molecule has 2 nitrogen and oxygen atoms in total. The van der Waals surface area contributed by atoms with Gasteiger partial charge >= 0.3 is 6.18 Å². The van der Waals surface area contributed by atoms with Gasteiger partial charge in [-0.05, 0) is 12.1 Å². The van der Waals surface area contributed by atoms with Crippen LogP contribution in [0.2, 0.25) is 0 Å². The van der Waals surface area contributed by atoms with Crippen molar-refractivity contribution >= 4 is 0 Å². The first-order valence-electron chi connectivity index (χ1n) is 3.72. The van der Waals surface area contributed by atoms with Crippen LogP contribution in [0.1, 0.15) is 5.69 Å². The fourth-order valence-corrected chi connectivity index (χ4v) is 0.860. The lowest BCUT2D eigenvalue weighted by Gasteiger charge is -2.14. The predicted molar refractivity (Wildman–Crippen MR) is 42.0 cm³/mol. The minimum Gasteiger partial charge on any atom is -0.320 e. The Labute approximate surface area is 73.6 Å². The molecule has 0 fully saturated rings. The van der Waals surface area contributed by atoms with Crippen LogP contribution in [0.15, 0.2) is 24.4 Å². The van der Waals surface area contributed by atoms with Gasteiger partial charge < -0.3 is 5.73 Å². The van der Waals surface area contributed by atoms with Crippen molar-refractivity contribution in [2.45, 2.75) is 18.6 Å². The quantitative estimate of drug-likeness (QED) is 0.767. The van der Waals surface area contributed by atoms with E-state index in [0.29, 0.717) is 5.69 Å². The molecular formula is C8H9F3N2. The van der Waals surface area contributed by atoms with Gasteiger partial charge in [-0.15, -0.1) is 0 Å². The highest BCUT2D eigenvalue weighted by Gasteiger charge is 2.36. The standard InChI is InChI=1S/C8H9F3N2/c9-8(10,11)7(12)5-6-3-1-2-4-13-6/h1-4,7H,5,12H2/t7-/m0/s1. The van der Waals surface area contributed by atoms with E-state index in [2.05, 4.69) is 4.98 Å². The topological polar surface area (TPSA) is 38.9 Å². The molecule has 0 aliphatic carbocycles. The third kappa shape index (κ3) is 3.02. The zero-order valence-electron chi connectivity index (χ0n) is 6.75. The molecular weight excluding hydrogens is 181 g/mol. The predicted octanol–water partition coefficient (Wildman–Crippen LogP) is 1.51. The van der Waals surface area contributed by atoms with Crippen molar-refractivity contribution < 1.29 is 13.2 Å². The molecule has 0 saturated heterocycles. The average Bonchev–Trinajstić information content (AvgIpc) is 2.04. The van der Waals surface area contributed by atoms with Crippen molar-refractivity contribution in [3.63, 3.8) is 0 Å². The molecule has 0 aliphatic rings. The molecule has 0 spiro atoms. The molecule has 1 rings (SSSR count). The molecule has 13 heavy (non-hydrogen) atoms. The van der Waals surface area contributed by atoms with Crippen LogP contribution in [0.25, 0.3) is 0 Å². The van der Waals surface area contributed by atoms with Crippen molar-refractivity contribution in [2.24, 2.45) is 5.73 Å². The normalized spacial score (nSPS) is 14.2. The lowest BCUT2D eigenvalue weighted by Crippen LogP contribution is -2.39. The number of alkyl halides is 3. The number of pyridine rings is 1. The number of rotatable bonds is 2. The van der Waals surface area contributed by atoms with Gasteiger partial charge in [0.05, 0.1) is 0 Å². The number of halogens is 3. The Morgan fingerprint density at radius 1 is 1.38 bits per heavy atom. The minimum absolute atomic E-state index is 0.273. The summed E-state index contributed by atoms with van der Waals surface area (Å²) < 4.78 is 35.9. The first-order chi connectivity index (χ1) is 6.00. The van der Waals surface area contributed by atoms with Crippen molar-refractivity contribution in [1.82, 2.24) is 4.98 Å². The number of nitrogens with zero attached hydrogens (tertiary/aromatic N) is 1. The summed E-state index contributed by atoms with van der Waals surface area (Å²) >= 11 is 0. The molecule has 0 unspecified atom stereocenters. The Kier molecular flexibility index (Phi) is 2.87. The maximum atomic E-state index is 12.0. The van der Waals surface area contributed by atoms with Crippen molar-refractivity contribution in [3.05, 3.63) is 30.1 Å². The lowest BCUT2D eigenvalue weighted by atomic mass is 10.1. The van der Waals surface area contributed by atoms with Gasteiger partial charge in [0, 0.05) is 18.3 Å². The van der Waals surface area contributed by atoms with E-state index in [-0.39, 0.29) is 6.42 Å². The third-order valence-corrected chi connectivity index (χ3v) is 1.58. The molecule has 2 N–H and O–H groups in total. The monoisotopic (exact) mass is 190 g/mol. The molecule has 0 radical (unpaired) electrons. The first kappa shape index (κ1) is 9.98. The Hall–Kier alpha value is -1.10. The molecule has 0 amide bonds. The van der Waals surface area contributed by atoms with Gasteiger partial charge in [-0.1, -0.05) is 6.07 Å². The summed E-state index contributed by atoms with van der Waals surface area (Å²) in [5.41, 5.74) is 5.27. The summed E-state index contributed by atoms with van der Waals surface area (Å²) in [6.45, 7) is 0. The smallest absolute Gasteiger partial charge is 0.320 e. The zero-order chi connectivity index (χ0) is 9.90. The highest BCUT2D eigenvalue weighted by Crippen LogP contribution is 2.20. The third-order valence-electron chi connectivity index (χ3n) is 1.58. The van der Waals surface area contributed by atoms with Crippen LogP contribution in [0.5, 0.6) is 0 Å². The molecule has 5 heteroatoms. The summed E-state index contributed by atoms with van der Waals surface area (Å²) in [5.74, 6) is 0. The summed E-state index contributed by atoms with van der Waals surface area (Å²) in [7, 11) is 0. The maximum absolute atomic E-state index is 12.0. The molecule has 0 saturated carbocycles. The van der Waals surface area contributed by atoms with E-state index in [4.69, 9.17) is 5.73 Å². The SMILES string of the molecule is N[C@@H](Cc1ccccn1)C(F)(F)F. The number of hydrogen-bond acceptors (Lipinski definition) is 2. The van der Waals surface area contributed by atoms with Crippen LogP contribution >= 0.6 is 0 Å². The van der Waals surface area contributed by atoms with Gasteiger partial charge in [-0.2, -0.15) is 13.2 Å². The summed E-state index contributed by atoms with van der Waals surface area (Å²) in [6, 6.07) is 2.96. The first-order valence-corrected chi connectivity index (χ1v) is 3.72. The van der Waals surface area contributed by atoms with E-state index in [1.54, 1.807) is 12.1 Å². The van der Waals surface area contributed by atoms with Crippen LogP contribution in [0, 0.1) is 0 Å². The van der Waals surface area contributed by atoms with Gasteiger partial charge in [0.15, 0.2) is 0 Å². The number of hydrogen-bond donors (Lipinski definition) is 1. The Morgan fingerprint density at radius 3 is 2.54 bits per heavy atom. The second-order valence-corrected chi connectivity index (χ2v) is 2.67. The lowest BCUT2D eigenvalue weighted by molar-refractivity contribution is -0.147. The van der Waals surface area contributed by atoms with Crippen LogP contribution in [-0.4, -0.2) is 17.2 Å². The van der Waals surface area contributed by atoms with Gasteiger partial charge in [0.25, 0.3) is 0 Å². The summed E-state index contributed by atoms with van der Waals surface area (Å²) in [6.07, 6.45) is -3.18. The Balaban J connectivity index is 2.61. The second-order valence-electron chi connectivity index (χ2n) is 2.67. The van der Waals surface area contributed by atoms with Crippen LogP contribution in [0.4, 0.5) is 13.2 Å². The highest BCUT2D eigenvalue weighted by molar-refractivity contribution is 5.05. The Morgan fingerprint density at radius 2 is 2.08 bits per heavy atom. The molecule has 1 aromatic heterocycles.